The molecule has 22 heavy (non-hydrogen) atoms. The second-order valence-electron chi connectivity index (χ2n) is 4.66. The molecular formula is C13H13N2O4S3-. The van der Waals surface area contributed by atoms with Crippen molar-refractivity contribution in [3.63, 3.8) is 0 Å². The number of amides is 1. The summed E-state index contributed by atoms with van der Waals surface area (Å²) in [5, 5.41) is 0. The number of hydrogen-bond acceptors (Lipinski definition) is 7. The molecule has 0 saturated carbocycles. The minimum Gasteiger partial charge on any atom is -0.748 e. The highest BCUT2D eigenvalue weighted by atomic mass is 32.2. The van der Waals surface area contributed by atoms with E-state index in [1.54, 1.807) is 31.2 Å². The highest BCUT2D eigenvalue weighted by Gasteiger charge is 2.33. The third kappa shape index (κ3) is 3.86. The molecule has 1 aliphatic rings. The second-order valence-corrected chi connectivity index (χ2v) is 7.83. The Morgan fingerprint density at radius 3 is 2.50 bits per heavy atom. The lowest BCUT2D eigenvalue weighted by Gasteiger charge is -2.15. The monoisotopic (exact) mass is 357 g/mol. The van der Waals surface area contributed by atoms with Crippen molar-refractivity contribution in [2.24, 2.45) is 0 Å². The third-order valence-electron chi connectivity index (χ3n) is 3.10. The molecule has 2 N–H and O–H groups in total. The summed E-state index contributed by atoms with van der Waals surface area (Å²) in [5.74, 6) is -1.04. The Morgan fingerprint density at radius 2 is 1.95 bits per heavy atom. The molecule has 1 fully saturated rings. The van der Waals surface area contributed by atoms with E-state index in [9.17, 15) is 17.8 Å². The van der Waals surface area contributed by atoms with Gasteiger partial charge >= 0.3 is 0 Å². The van der Waals surface area contributed by atoms with Gasteiger partial charge in [-0.05, 0) is 30.2 Å². The average Bonchev–Trinajstić information content (AvgIpc) is 2.71. The van der Waals surface area contributed by atoms with Gasteiger partial charge in [-0.2, -0.15) is 0 Å². The summed E-state index contributed by atoms with van der Waals surface area (Å²) in [6.07, 6.45) is 0. The average molecular weight is 357 g/mol. The molecule has 0 aliphatic carbocycles. The van der Waals surface area contributed by atoms with Gasteiger partial charge < -0.3 is 10.3 Å². The molecule has 0 spiro atoms. The summed E-state index contributed by atoms with van der Waals surface area (Å²) in [6.45, 7) is 1.55. The summed E-state index contributed by atoms with van der Waals surface area (Å²) < 4.78 is 32.4. The van der Waals surface area contributed by atoms with Gasteiger partial charge in [0.05, 0.1) is 20.8 Å². The molecule has 1 saturated heterocycles. The zero-order chi connectivity index (χ0) is 16.5. The summed E-state index contributed by atoms with van der Waals surface area (Å²) in [4.78, 5) is 13.9. The zero-order valence-electron chi connectivity index (χ0n) is 11.6. The highest BCUT2D eigenvalue weighted by Crippen LogP contribution is 2.36. The molecule has 1 aliphatic heterocycles. The van der Waals surface area contributed by atoms with Crippen LogP contribution in [0.15, 0.2) is 29.2 Å². The number of nitrogen functional groups attached to an aromatic ring is 1. The van der Waals surface area contributed by atoms with Crippen molar-refractivity contribution in [1.29, 1.82) is 0 Å². The number of nitrogens with two attached hydrogens (primary N) is 1. The smallest absolute Gasteiger partial charge is 0.266 e. The van der Waals surface area contributed by atoms with Crippen molar-refractivity contribution in [1.82, 2.24) is 4.90 Å². The maximum Gasteiger partial charge on any atom is 0.266 e. The molecule has 1 heterocycles. The number of benzene rings is 1. The van der Waals surface area contributed by atoms with Crippen LogP contribution in [0.2, 0.25) is 0 Å². The molecule has 2 rings (SSSR count). The van der Waals surface area contributed by atoms with Crippen molar-refractivity contribution in [2.45, 2.75) is 6.92 Å². The lowest BCUT2D eigenvalue weighted by Crippen LogP contribution is -2.33. The first-order valence-electron chi connectivity index (χ1n) is 6.23. The van der Waals surface area contributed by atoms with Crippen LogP contribution in [0.5, 0.6) is 0 Å². The first-order valence-corrected chi connectivity index (χ1v) is 9.03. The fraction of sp³-hybridized carbons (Fsp3) is 0.231. The minimum atomic E-state index is -4.40. The van der Waals surface area contributed by atoms with Gasteiger partial charge in [-0.3, -0.25) is 9.69 Å². The maximum absolute atomic E-state index is 12.4. The van der Waals surface area contributed by atoms with Crippen LogP contribution in [0.4, 0.5) is 5.69 Å². The minimum absolute atomic E-state index is 0.227. The topological polar surface area (TPSA) is 104 Å². The van der Waals surface area contributed by atoms with Crippen LogP contribution >= 0.6 is 24.0 Å². The SMILES string of the molecule is C/C(=C1\SC(=S)N(CCS(=O)(=O)[O-])C1=O)c1ccc(N)cc1. The van der Waals surface area contributed by atoms with Crippen molar-refractivity contribution in [3.05, 3.63) is 34.7 Å². The molecule has 9 heteroatoms. The Labute approximate surface area is 138 Å². The Balaban J connectivity index is 2.26. The summed E-state index contributed by atoms with van der Waals surface area (Å²) in [5.41, 5.74) is 7.80. The largest absolute Gasteiger partial charge is 0.748 e. The summed E-state index contributed by atoms with van der Waals surface area (Å²) in [7, 11) is -4.40. The second kappa shape index (κ2) is 6.37. The number of nitrogens with zero attached hydrogens (tertiary/aromatic N) is 1. The quantitative estimate of drug-likeness (QED) is 0.376. The Hall–Kier alpha value is -1.42. The maximum atomic E-state index is 12.4. The van der Waals surface area contributed by atoms with Gasteiger partial charge in [0, 0.05) is 12.2 Å². The van der Waals surface area contributed by atoms with E-state index < -0.39 is 15.9 Å². The van der Waals surface area contributed by atoms with Gasteiger partial charge in [0.25, 0.3) is 5.91 Å². The van der Waals surface area contributed by atoms with Crippen LogP contribution < -0.4 is 5.73 Å². The predicted molar refractivity (Wildman–Crippen MR) is 89.9 cm³/mol. The van der Waals surface area contributed by atoms with Gasteiger partial charge in [0.15, 0.2) is 0 Å². The van der Waals surface area contributed by atoms with Crippen molar-refractivity contribution in [3.8, 4) is 0 Å². The van der Waals surface area contributed by atoms with E-state index >= 15 is 0 Å². The number of thioether (sulfide) groups is 1. The molecule has 1 aromatic rings. The van der Waals surface area contributed by atoms with E-state index in [0.717, 1.165) is 27.8 Å². The Kier molecular flexibility index (Phi) is 4.90. The van der Waals surface area contributed by atoms with E-state index in [0.29, 0.717) is 10.6 Å². The molecule has 1 aromatic carbocycles. The predicted octanol–water partition coefficient (Wildman–Crippen LogP) is 1.41. The van der Waals surface area contributed by atoms with Gasteiger partial charge in [-0.25, -0.2) is 8.42 Å². The number of carbonyl (C=O) groups excluding carboxylic acids is 1. The van der Waals surface area contributed by atoms with Crippen molar-refractivity contribution < 1.29 is 17.8 Å². The molecule has 118 valence electrons. The van der Waals surface area contributed by atoms with E-state index in [2.05, 4.69) is 0 Å². The number of carbonyl (C=O) groups is 1. The van der Waals surface area contributed by atoms with E-state index in [4.69, 9.17) is 18.0 Å². The number of rotatable bonds is 4. The summed E-state index contributed by atoms with van der Waals surface area (Å²) in [6, 6.07) is 7.03. The van der Waals surface area contributed by atoms with Crippen LogP contribution in [-0.4, -0.2) is 40.4 Å². The standard InChI is InChI=1S/C13H14N2O4S3/c1-8(9-2-4-10(14)5-3-9)11-12(16)15(13(20)21-11)6-7-22(17,18)19/h2-5H,6-7,14H2,1H3,(H,17,18,19)/p-1/b11-8+. The van der Waals surface area contributed by atoms with Crippen molar-refractivity contribution in [2.75, 3.05) is 18.0 Å². The fourth-order valence-electron chi connectivity index (χ4n) is 1.89. The summed E-state index contributed by atoms with van der Waals surface area (Å²) >= 11 is 6.19. The first kappa shape index (κ1) is 16.9. The lowest BCUT2D eigenvalue weighted by atomic mass is 10.1. The fourth-order valence-corrected chi connectivity index (χ4v) is 3.65. The van der Waals surface area contributed by atoms with E-state index in [1.807, 2.05) is 0 Å². The van der Waals surface area contributed by atoms with E-state index in [-0.39, 0.29) is 16.8 Å². The molecule has 1 amide bonds. The number of allylic oxidation sites excluding steroid dienone is 1. The van der Waals surface area contributed by atoms with Crippen LogP contribution in [-0.2, 0) is 14.9 Å². The molecule has 0 radical (unpaired) electrons. The van der Waals surface area contributed by atoms with Gasteiger partial charge in [-0.1, -0.05) is 36.1 Å². The van der Waals surface area contributed by atoms with Crippen LogP contribution in [0.1, 0.15) is 12.5 Å². The Bertz CT molecular complexity index is 754. The molecule has 0 aromatic heterocycles. The highest BCUT2D eigenvalue weighted by molar-refractivity contribution is 8.26. The van der Waals surface area contributed by atoms with Crippen molar-refractivity contribution >= 4 is 55.6 Å². The van der Waals surface area contributed by atoms with Crippen LogP contribution in [0.3, 0.4) is 0 Å². The van der Waals surface area contributed by atoms with Crippen LogP contribution in [0.25, 0.3) is 5.57 Å². The van der Waals surface area contributed by atoms with Crippen LogP contribution in [0, 0.1) is 0 Å². The normalized spacial score (nSPS) is 18.0. The third-order valence-corrected chi connectivity index (χ3v) is 5.33. The number of hydrogen-bond donors (Lipinski definition) is 1. The molecule has 0 atom stereocenters. The van der Waals surface area contributed by atoms with Gasteiger partial charge in [0.2, 0.25) is 0 Å². The molecule has 6 nitrogen and oxygen atoms in total. The van der Waals surface area contributed by atoms with E-state index in [1.165, 1.54) is 0 Å². The first-order chi connectivity index (χ1) is 10.2. The Morgan fingerprint density at radius 1 is 1.36 bits per heavy atom. The number of anilines is 1. The molecule has 0 unspecified atom stereocenters. The molecule has 0 bridgehead atoms. The van der Waals surface area contributed by atoms with Gasteiger partial charge in [0.1, 0.15) is 4.32 Å². The molecular weight excluding hydrogens is 344 g/mol. The lowest BCUT2D eigenvalue weighted by molar-refractivity contribution is -0.121. The van der Waals surface area contributed by atoms with Gasteiger partial charge in [-0.15, -0.1) is 0 Å². The zero-order valence-corrected chi connectivity index (χ0v) is 14.1. The number of thiocarbonyl (C=S) groups is 1.